The van der Waals surface area contributed by atoms with Gasteiger partial charge in [0.2, 0.25) is 5.91 Å². The smallest absolute Gasteiger partial charge is 0.319 e. The predicted molar refractivity (Wildman–Crippen MR) is 124 cm³/mol. The maximum Gasteiger partial charge on any atom is 0.319 e. The van der Waals surface area contributed by atoms with Crippen LogP contribution in [0.5, 0.6) is 0 Å². The van der Waals surface area contributed by atoms with Crippen LogP contribution in [0.1, 0.15) is 18.9 Å². The van der Waals surface area contributed by atoms with Crippen molar-refractivity contribution in [1.29, 1.82) is 0 Å². The molecule has 1 aliphatic heterocycles. The van der Waals surface area contributed by atoms with E-state index in [4.69, 9.17) is 4.74 Å². The van der Waals surface area contributed by atoms with E-state index in [0.717, 1.165) is 56.0 Å². The molecule has 6 heteroatoms. The topological polar surface area (TPSA) is 61.9 Å². The number of nitrogens with one attached hydrogen (secondary N) is 1. The number of amides is 1. The fraction of sp³-hybridized carbons (Fsp3) is 0.360. The molecule has 0 bridgehead atoms. The molecule has 1 aliphatic rings. The molecule has 0 unspecified atom stereocenters. The van der Waals surface area contributed by atoms with Gasteiger partial charge in [-0.15, -0.1) is 0 Å². The minimum Gasteiger partial charge on any atom is -0.468 e. The van der Waals surface area contributed by atoms with Crippen molar-refractivity contribution >= 4 is 23.3 Å². The fourth-order valence-electron chi connectivity index (χ4n) is 3.63. The van der Waals surface area contributed by atoms with Gasteiger partial charge in [-0.1, -0.05) is 35.9 Å². The van der Waals surface area contributed by atoms with Crippen LogP contribution < -0.4 is 10.2 Å². The number of hydrogen-bond acceptors (Lipinski definition) is 5. The number of benzene rings is 2. The molecule has 1 N–H and O–H groups in total. The normalized spacial score (nSPS) is 14.9. The molecule has 0 saturated carbocycles. The second-order valence-corrected chi connectivity index (χ2v) is 7.85. The maximum absolute atomic E-state index is 12.3. The molecular weight excluding hydrogens is 390 g/mol. The highest BCUT2D eigenvalue weighted by molar-refractivity contribution is 5.99. The standard InChI is InChI=1S/C25H31N3O3/c1-20(8-9-21-6-4-3-5-7-21)18-24(29)26-22-10-12-23(13-11-22)28-16-14-27(15-17-28)19-25(30)31-2/h3-7,10-13,18H,8-9,14-17,19H2,1-2H3,(H,26,29). The number of allylic oxidation sites excluding steroid dienone is 1. The molecule has 1 amide bonds. The molecule has 2 aromatic rings. The number of carbonyl (C=O) groups excluding carboxylic acids is 2. The average molecular weight is 422 g/mol. The highest BCUT2D eigenvalue weighted by Gasteiger charge is 2.19. The van der Waals surface area contributed by atoms with E-state index in [0.29, 0.717) is 6.54 Å². The lowest BCUT2D eigenvalue weighted by Gasteiger charge is -2.35. The van der Waals surface area contributed by atoms with Crippen molar-refractivity contribution in [3.63, 3.8) is 0 Å². The second-order valence-electron chi connectivity index (χ2n) is 7.85. The van der Waals surface area contributed by atoms with Crippen molar-refractivity contribution in [2.75, 3.05) is 50.1 Å². The van der Waals surface area contributed by atoms with Crippen LogP contribution in [-0.4, -0.2) is 56.6 Å². The van der Waals surface area contributed by atoms with Gasteiger partial charge >= 0.3 is 5.97 Å². The number of carbonyl (C=O) groups is 2. The first-order valence-electron chi connectivity index (χ1n) is 10.7. The third kappa shape index (κ3) is 7.26. The number of aryl methyl sites for hydroxylation is 1. The Morgan fingerprint density at radius 3 is 2.32 bits per heavy atom. The minimum absolute atomic E-state index is 0.102. The van der Waals surface area contributed by atoms with E-state index in [1.54, 1.807) is 6.08 Å². The lowest BCUT2D eigenvalue weighted by molar-refractivity contribution is -0.142. The van der Waals surface area contributed by atoms with Gasteiger partial charge in [-0.25, -0.2) is 0 Å². The van der Waals surface area contributed by atoms with Crippen LogP contribution in [0.3, 0.4) is 0 Å². The minimum atomic E-state index is -0.196. The SMILES string of the molecule is COC(=O)CN1CCN(c2ccc(NC(=O)C=C(C)CCc3ccccc3)cc2)CC1. The molecule has 3 rings (SSSR count). The zero-order valence-corrected chi connectivity index (χ0v) is 18.3. The van der Waals surface area contributed by atoms with Crippen molar-refractivity contribution in [3.8, 4) is 0 Å². The van der Waals surface area contributed by atoms with E-state index in [1.807, 2.05) is 49.4 Å². The summed E-state index contributed by atoms with van der Waals surface area (Å²) in [5, 5.41) is 2.94. The number of methoxy groups -OCH3 is 1. The summed E-state index contributed by atoms with van der Waals surface area (Å²) in [6.07, 6.45) is 3.47. The molecule has 164 valence electrons. The van der Waals surface area contributed by atoms with Crippen molar-refractivity contribution in [1.82, 2.24) is 4.90 Å². The van der Waals surface area contributed by atoms with Crippen LogP contribution in [0.25, 0.3) is 0 Å². The van der Waals surface area contributed by atoms with Crippen LogP contribution >= 0.6 is 0 Å². The predicted octanol–water partition coefficient (Wildman–Crippen LogP) is 3.50. The Labute approximate surface area is 184 Å². The first kappa shape index (κ1) is 22.6. The van der Waals surface area contributed by atoms with Crippen molar-refractivity contribution in [2.45, 2.75) is 19.8 Å². The Hall–Kier alpha value is -3.12. The van der Waals surface area contributed by atoms with Crippen LogP contribution in [0.15, 0.2) is 66.2 Å². The Morgan fingerprint density at radius 1 is 1.00 bits per heavy atom. The summed E-state index contributed by atoms with van der Waals surface area (Å²) in [5.41, 5.74) is 4.23. The lowest BCUT2D eigenvalue weighted by atomic mass is 10.1. The Kier molecular flexibility index (Phi) is 8.24. The van der Waals surface area contributed by atoms with E-state index >= 15 is 0 Å². The zero-order chi connectivity index (χ0) is 22.1. The quantitative estimate of drug-likeness (QED) is 0.522. The van der Waals surface area contributed by atoms with E-state index in [2.05, 4.69) is 27.2 Å². The first-order valence-corrected chi connectivity index (χ1v) is 10.7. The van der Waals surface area contributed by atoms with Crippen molar-refractivity contribution in [2.24, 2.45) is 0 Å². The molecule has 0 radical (unpaired) electrons. The fourth-order valence-corrected chi connectivity index (χ4v) is 3.63. The van der Waals surface area contributed by atoms with Gasteiger partial charge in [0.25, 0.3) is 0 Å². The lowest BCUT2D eigenvalue weighted by Crippen LogP contribution is -2.48. The number of ether oxygens (including phenoxy) is 1. The van der Waals surface area contributed by atoms with Gasteiger partial charge in [-0.05, 0) is 49.6 Å². The Balaban J connectivity index is 1.45. The van der Waals surface area contributed by atoms with Gasteiger partial charge in [0, 0.05) is 43.6 Å². The van der Waals surface area contributed by atoms with E-state index in [1.165, 1.54) is 12.7 Å². The van der Waals surface area contributed by atoms with Gasteiger partial charge in [-0.3, -0.25) is 14.5 Å². The number of anilines is 2. The maximum atomic E-state index is 12.3. The molecule has 0 aliphatic carbocycles. The molecule has 1 fully saturated rings. The Bertz CT molecular complexity index is 886. The van der Waals surface area contributed by atoms with Gasteiger partial charge in [-0.2, -0.15) is 0 Å². The summed E-state index contributed by atoms with van der Waals surface area (Å²) in [4.78, 5) is 28.1. The monoisotopic (exact) mass is 421 g/mol. The van der Waals surface area contributed by atoms with Crippen molar-refractivity contribution < 1.29 is 14.3 Å². The van der Waals surface area contributed by atoms with Crippen LogP contribution in [-0.2, 0) is 20.7 Å². The third-order valence-electron chi connectivity index (χ3n) is 5.48. The number of hydrogen-bond donors (Lipinski definition) is 1. The molecule has 6 nitrogen and oxygen atoms in total. The molecule has 0 spiro atoms. The summed E-state index contributed by atoms with van der Waals surface area (Å²) in [5.74, 6) is -0.298. The highest BCUT2D eigenvalue weighted by atomic mass is 16.5. The van der Waals surface area contributed by atoms with E-state index in [9.17, 15) is 9.59 Å². The summed E-state index contributed by atoms with van der Waals surface area (Å²) in [6.45, 7) is 5.68. The molecule has 0 atom stereocenters. The molecule has 1 saturated heterocycles. The number of piperazine rings is 1. The average Bonchev–Trinajstić information content (AvgIpc) is 2.79. The molecule has 31 heavy (non-hydrogen) atoms. The first-order chi connectivity index (χ1) is 15.0. The van der Waals surface area contributed by atoms with Crippen LogP contribution in [0, 0.1) is 0 Å². The summed E-state index contributed by atoms with van der Waals surface area (Å²) < 4.78 is 4.73. The largest absolute Gasteiger partial charge is 0.468 e. The zero-order valence-electron chi connectivity index (χ0n) is 18.3. The molecular formula is C25H31N3O3. The number of nitrogens with zero attached hydrogens (tertiary/aromatic N) is 2. The van der Waals surface area contributed by atoms with Crippen molar-refractivity contribution in [3.05, 3.63) is 71.8 Å². The summed E-state index contributed by atoms with van der Waals surface area (Å²) in [6, 6.07) is 18.2. The molecule has 0 aromatic heterocycles. The Morgan fingerprint density at radius 2 is 1.68 bits per heavy atom. The summed E-state index contributed by atoms with van der Waals surface area (Å²) >= 11 is 0. The molecule has 2 aromatic carbocycles. The van der Waals surface area contributed by atoms with Gasteiger partial charge < -0.3 is 15.0 Å². The van der Waals surface area contributed by atoms with E-state index < -0.39 is 0 Å². The van der Waals surface area contributed by atoms with Gasteiger partial charge in [0.05, 0.1) is 13.7 Å². The number of rotatable bonds is 8. The van der Waals surface area contributed by atoms with Crippen LogP contribution in [0.2, 0.25) is 0 Å². The third-order valence-corrected chi connectivity index (χ3v) is 5.48. The highest BCUT2D eigenvalue weighted by Crippen LogP contribution is 2.20. The van der Waals surface area contributed by atoms with Crippen LogP contribution in [0.4, 0.5) is 11.4 Å². The number of esters is 1. The van der Waals surface area contributed by atoms with E-state index in [-0.39, 0.29) is 11.9 Å². The van der Waals surface area contributed by atoms with Gasteiger partial charge in [0.1, 0.15) is 0 Å². The molecule has 1 heterocycles. The second kappa shape index (κ2) is 11.3. The summed E-state index contributed by atoms with van der Waals surface area (Å²) in [7, 11) is 1.42. The van der Waals surface area contributed by atoms with Gasteiger partial charge in [0.15, 0.2) is 0 Å².